The number of azo groups is 1. The number of rotatable bonds is 2. The van der Waals surface area contributed by atoms with E-state index < -0.39 is 5.72 Å². The summed E-state index contributed by atoms with van der Waals surface area (Å²) in [6.07, 6.45) is 9.15. The van der Waals surface area contributed by atoms with Gasteiger partial charge in [-0.2, -0.15) is 0 Å². The molecule has 0 aliphatic heterocycles. The molecule has 2 rings (SSSR count). The van der Waals surface area contributed by atoms with Crippen LogP contribution in [-0.2, 0) is 0 Å². The number of nitrogens with zero attached hydrogens (tertiary/aromatic N) is 3. The maximum absolute atomic E-state index is 9.91. The minimum Gasteiger partial charge on any atom is -0.364 e. The minimum atomic E-state index is -1.22. The summed E-state index contributed by atoms with van der Waals surface area (Å²) >= 11 is 0. The molecule has 4 nitrogen and oxygen atoms in total. The van der Waals surface area contributed by atoms with Gasteiger partial charge in [-0.1, -0.05) is 24.3 Å². The SMILES string of the molecule is OC1(N=Nc2ccccn2)C=CC=CC1. The standard InChI is InChI=1S/C11H11N3O/c15-11(7-3-1-4-8-11)14-13-10-6-2-5-9-12-10/h1-7,9,15H,8H2. The van der Waals surface area contributed by atoms with Crippen molar-refractivity contribution in [3.8, 4) is 0 Å². The molecule has 1 aliphatic rings. The van der Waals surface area contributed by atoms with E-state index in [1.807, 2.05) is 18.2 Å². The monoisotopic (exact) mass is 201 g/mol. The van der Waals surface area contributed by atoms with Gasteiger partial charge in [0.25, 0.3) is 0 Å². The lowest BCUT2D eigenvalue weighted by atomic mass is 10.1. The summed E-state index contributed by atoms with van der Waals surface area (Å²) in [4.78, 5) is 3.98. The molecule has 0 spiro atoms. The van der Waals surface area contributed by atoms with Crippen LogP contribution in [-0.4, -0.2) is 15.8 Å². The van der Waals surface area contributed by atoms with E-state index >= 15 is 0 Å². The first-order valence-electron chi connectivity index (χ1n) is 4.69. The molecule has 4 heteroatoms. The second-order valence-electron chi connectivity index (χ2n) is 3.26. The second kappa shape index (κ2) is 4.14. The Kier molecular flexibility index (Phi) is 2.69. The molecular weight excluding hydrogens is 190 g/mol. The predicted octanol–water partition coefficient (Wildman–Crippen LogP) is 2.37. The van der Waals surface area contributed by atoms with Gasteiger partial charge in [0.2, 0.25) is 0 Å². The van der Waals surface area contributed by atoms with Crippen LogP contribution in [0.15, 0.2) is 58.9 Å². The summed E-state index contributed by atoms with van der Waals surface area (Å²) in [6.45, 7) is 0. The zero-order chi connectivity index (χ0) is 10.6. The molecule has 1 aromatic heterocycles. The van der Waals surface area contributed by atoms with Crippen LogP contribution in [0, 0.1) is 0 Å². The van der Waals surface area contributed by atoms with Crippen molar-refractivity contribution in [2.45, 2.75) is 12.1 Å². The van der Waals surface area contributed by atoms with Gasteiger partial charge in [0.15, 0.2) is 11.5 Å². The Balaban J connectivity index is 2.12. The molecule has 0 fully saturated rings. The van der Waals surface area contributed by atoms with Gasteiger partial charge in [0, 0.05) is 12.6 Å². The van der Waals surface area contributed by atoms with Crippen molar-refractivity contribution in [1.82, 2.24) is 4.98 Å². The van der Waals surface area contributed by atoms with Crippen LogP contribution in [0.5, 0.6) is 0 Å². The highest BCUT2D eigenvalue weighted by Crippen LogP contribution is 2.21. The summed E-state index contributed by atoms with van der Waals surface area (Å²) in [5, 5.41) is 17.7. The number of aliphatic hydroxyl groups is 1. The van der Waals surface area contributed by atoms with Crippen LogP contribution in [0.2, 0.25) is 0 Å². The van der Waals surface area contributed by atoms with E-state index in [0.29, 0.717) is 12.2 Å². The van der Waals surface area contributed by atoms with Crippen LogP contribution in [0.4, 0.5) is 5.82 Å². The molecule has 76 valence electrons. The van der Waals surface area contributed by atoms with Crippen molar-refractivity contribution >= 4 is 5.82 Å². The highest BCUT2D eigenvalue weighted by atomic mass is 16.3. The number of hydrogen-bond donors (Lipinski definition) is 1. The Morgan fingerprint density at radius 1 is 1.33 bits per heavy atom. The lowest BCUT2D eigenvalue weighted by Gasteiger charge is -2.17. The van der Waals surface area contributed by atoms with E-state index in [-0.39, 0.29) is 0 Å². The van der Waals surface area contributed by atoms with Crippen molar-refractivity contribution in [3.63, 3.8) is 0 Å². The predicted molar refractivity (Wildman–Crippen MR) is 56.6 cm³/mol. The molecule has 1 N–H and O–H groups in total. The fourth-order valence-electron chi connectivity index (χ4n) is 1.22. The molecule has 0 saturated carbocycles. The normalized spacial score (nSPS) is 24.9. The maximum atomic E-state index is 9.91. The average Bonchev–Trinajstić information content (AvgIpc) is 2.29. The lowest BCUT2D eigenvalue weighted by Crippen LogP contribution is -2.22. The van der Waals surface area contributed by atoms with Crippen molar-refractivity contribution < 1.29 is 5.11 Å². The third-order valence-electron chi connectivity index (χ3n) is 2.00. The second-order valence-corrected chi connectivity index (χ2v) is 3.26. The van der Waals surface area contributed by atoms with Gasteiger partial charge in [0.05, 0.1) is 0 Å². The van der Waals surface area contributed by atoms with E-state index in [2.05, 4.69) is 15.2 Å². The Morgan fingerprint density at radius 2 is 2.27 bits per heavy atom. The fraction of sp³-hybridized carbons (Fsp3) is 0.182. The Hall–Kier alpha value is -1.81. The fourth-order valence-corrected chi connectivity index (χ4v) is 1.22. The molecule has 1 aliphatic carbocycles. The Bertz CT molecular complexity index is 411. The zero-order valence-electron chi connectivity index (χ0n) is 8.11. The van der Waals surface area contributed by atoms with Gasteiger partial charge in [-0.05, 0) is 18.2 Å². The number of hydrogen-bond acceptors (Lipinski definition) is 4. The molecule has 0 saturated heterocycles. The van der Waals surface area contributed by atoms with Crippen molar-refractivity contribution in [1.29, 1.82) is 0 Å². The summed E-state index contributed by atoms with van der Waals surface area (Å²) in [5.41, 5.74) is -1.22. The molecule has 1 atom stereocenters. The van der Waals surface area contributed by atoms with Crippen LogP contribution >= 0.6 is 0 Å². The van der Waals surface area contributed by atoms with E-state index in [9.17, 15) is 5.11 Å². The van der Waals surface area contributed by atoms with Gasteiger partial charge in [-0.3, -0.25) is 0 Å². The van der Waals surface area contributed by atoms with Crippen LogP contribution in [0.3, 0.4) is 0 Å². The maximum Gasteiger partial charge on any atom is 0.199 e. The third-order valence-corrected chi connectivity index (χ3v) is 2.00. The molecular formula is C11H11N3O. The molecule has 1 aromatic rings. The van der Waals surface area contributed by atoms with E-state index in [1.54, 1.807) is 30.5 Å². The summed E-state index contributed by atoms with van der Waals surface area (Å²) in [7, 11) is 0. The summed E-state index contributed by atoms with van der Waals surface area (Å²) in [6, 6.07) is 5.36. The summed E-state index contributed by atoms with van der Waals surface area (Å²) < 4.78 is 0. The smallest absolute Gasteiger partial charge is 0.199 e. The Morgan fingerprint density at radius 3 is 2.93 bits per heavy atom. The van der Waals surface area contributed by atoms with Gasteiger partial charge >= 0.3 is 0 Å². The first-order chi connectivity index (χ1) is 7.29. The molecule has 0 aromatic carbocycles. The summed E-state index contributed by atoms with van der Waals surface area (Å²) in [5.74, 6) is 0.494. The van der Waals surface area contributed by atoms with Gasteiger partial charge in [-0.25, -0.2) is 4.98 Å². The van der Waals surface area contributed by atoms with Gasteiger partial charge in [0.1, 0.15) is 0 Å². The number of allylic oxidation sites excluding steroid dienone is 2. The molecule has 1 unspecified atom stereocenters. The number of pyridine rings is 1. The Labute approximate surface area is 87.7 Å². The van der Waals surface area contributed by atoms with E-state index in [4.69, 9.17) is 0 Å². The molecule has 0 amide bonds. The van der Waals surface area contributed by atoms with Crippen molar-refractivity contribution in [2.24, 2.45) is 10.2 Å². The largest absolute Gasteiger partial charge is 0.364 e. The lowest BCUT2D eigenvalue weighted by molar-refractivity contribution is 0.0955. The van der Waals surface area contributed by atoms with E-state index in [0.717, 1.165) is 0 Å². The highest BCUT2D eigenvalue weighted by molar-refractivity contribution is 5.24. The third kappa shape index (κ3) is 2.57. The molecule has 1 heterocycles. The van der Waals surface area contributed by atoms with Crippen molar-refractivity contribution in [3.05, 3.63) is 48.7 Å². The average molecular weight is 201 g/mol. The molecule has 0 bridgehead atoms. The van der Waals surface area contributed by atoms with Crippen molar-refractivity contribution in [2.75, 3.05) is 0 Å². The first kappa shape index (κ1) is 9.73. The van der Waals surface area contributed by atoms with Crippen LogP contribution in [0.1, 0.15) is 6.42 Å². The number of aromatic nitrogens is 1. The molecule has 15 heavy (non-hydrogen) atoms. The van der Waals surface area contributed by atoms with Gasteiger partial charge in [-0.15, -0.1) is 10.2 Å². The minimum absolute atomic E-state index is 0.444. The van der Waals surface area contributed by atoms with Gasteiger partial charge < -0.3 is 5.11 Å². The zero-order valence-corrected chi connectivity index (χ0v) is 8.11. The molecule has 0 radical (unpaired) electrons. The van der Waals surface area contributed by atoms with Crippen LogP contribution < -0.4 is 0 Å². The van der Waals surface area contributed by atoms with E-state index in [1.165, 1.54) is 0 Å². The first-order valence-corrected chi connectivity index (χ1v) is 4.69. The van der Waals surface area contributed by atoms with Crippen LogP contribution in [0.25, 0.3) is 0 Å². The topological polar surface area (TPSA) is 57.8 Å². The highest BCUT2D eigenvalue weighted by Gasteiger charge is 2.22. The quantitative estimate of drug-likeness (QED) is 0.747.